The minimum atomic E-state index is -0.349. The van der Waals surface area contributed by atoms with Crippen molar-refractivity contribution in [2.75, 3.05) is 5.75 Å². The summed E-state index contributed by atoms with van der Waals surface area (Å²) in [6.07, 6.45) is 4.53. The minimum Gasteiger partial charge on any atom is -0.259 e. The molecule has 0 fully saturated rings. The van der Waals surface area contributed by atoms with Gasteiger partial charge in [-0.3, -0.25) is 9.71 Å². The standard InChI is InChI=1S/C24H23ClFN3S/c1-2-3-10-30-29-23(14-18-12-20(25)15-21(26)13-18)24-22(8-5-9-28-24)19-7-4-6-17(11-19)16-27/h4-9,11-13,15,23,29H,2-3,10,14H2,1H3. The summed E-state index contributed by atoms with van der Waals surface area (Å²) in [6, 6.07) is 18.0. The molecule has 3 aromatic rings. The van der Waals surface area contributed by atoms with Crippen LogP contribution in [-0.4, -0.2) is 10.7 Å². The van der Waals surface area contributed by atoms with E-state index in [1.807, 2.05) is 30.3 Å². The molecule has 0 bridgehead atoms. The second-order valence-corrected chi connectivity index (χ2v) is 8.35. The van der Waals surface area contributed by atoms with E-state index in [0.29, 0.717) is 17.0 Å². The molecule has 3 nitrogen and oxygen atoms in total. The summed E-state index contributed by atoms with van der Waals surface area (Å²) in [4.78, 5) is 4.67. The predicted molar refractivity (Wildman–Crippen MR) is 123 cm³/mol. The molecule has 3 rings (SSSR count). The molecule has 30 heavy (non-hydrogen) atoms. The lowest BCUT2D eigenvalue weighted by molar-refractivity contribution is 0.615. The van der Waals surface area contributed by atoms with Gasteiger partial charge in [0, 0.05) is 22.5 Å². The number of halogens is 2. The van der Waals surface area contributed by atoms with Crippen LogP contribution in [0.3, 0.4) is 0 Å². The van der Waals surface area contributed by atoms with Crippen LogP contribution in [0.15, 0.2) is 60.8 Å². The molecule has 1 aromatic heterocycles. The molecule has 0 aliphatic heterocycles. The quantitative estimate of drug-likeness (QED) is 0.296. The molecule has 1 N–H and O–H groups in total. The molecule has 0 saturated heterocycles. The zero-order valence-electron chi connectivity index (χ0n) is 16.7. The fourth-order valence-corrected chi connectivity index (χ4v) is 4.42. The van der Waals surface area contributed by atoms with Crippen molar-refractivity contribution in [1.82, 2.24) is 9.71 Å². The fraction of sp³-hybridized carbons (Fsp3) is 0.250. The summed E-state index contributed by atoms with van der Waals surface area (Å²) in [6.45, 7) is 2.16. The average Bonchev–Trinajstić information content (AvgIpc) is 2.75. The number of nitriles is 1. The fourth-order valence-electron chi connectivity index (χ4n) is 3.23. The van der Waals surface area contributed by atoms with Crippen LogP contribution in [0.25, 0.3) is 11.1 Å². The van der Waals surface area contributed by atoms with Gasteiger partial charge < -0.3 is 0 Å². The lowest BCUT2D eigenvalue weighted by atomic mass is 9.95. The highest BCUT2D eigenvalue weighted by Crippen LogP contribution is 2.31. The first-order valence-corrected chi connectivity index (χ1v) is 11.2. The average molecular weight is 440 g/mol. The van der Waals surface area contributed by atoms with Gasteiger partial charge in [0.2, 0.25) is 0 Å². The van der Waals surface area contributed by atoms with Crippen LogP contribution < -0.4 is 4.72 Å². The molecule has 0 spiro atoms. The van der Waals surface area contributed by atoms with Crippen molar-refractivity contribution in [3.8, 4) is 17.2 Å². The molecule has 0 saturated carbocycles. The van der Waals surface area contributed by atoms with Gasteiger partial charge in [0.15, 0.2) is 0 Å². The number of hydrogen-bond acceptors (Lipinski definition) is 4. The summed E-state index contributed by atoms with van der Waals surface area (Å²) in [5.74, 6) is 0.626. The van der Waals surface area contributed by atoms with Crippen molar-refractivity contribution >= 4 is 23.5 Å². The minimum absolute atomic E-state index is 0.147. The van der Waals surface area contributed by atoms with Crippen molar-refractivity contribution in [3.63, 3.8) is 0 Å². The molecule has 1 heterocycles. The van der Waals surface area contributed by atoms with Gasteiger partial charge in [0.1, 0.15) is 5.82 Å². The number of pyridine rings is 1. The van der Waals surface area contributed by atoms with Crippen molar-refractivity contribution in [2.45, 2.75) is 32.2 Å². The largest absolute Gasteiger partial charge is 0.259 e. The highest BCUT2D eigenvalue weighted by Gasteiger charge is 2.19. The number of nitrogens with one attached hydrogen (secondary N) is 1. The third kappa shape index (κ3) is 6.06. The maximum Gasteiger partial charge on any atom is 0.124 e. The van der Waals surface area contributed by atoms with Gasteiger partial charge in [-0.2, -0.15) is 5.26 Å². The number of hydrogen-bond donors (Lipinski definition) is 1. The van der Waals surface area contributed by atoms with E-state index < -0.39 is 0 Å². The van der Waals surface area contributed by atoms with Gasteiger partial charge in [-0.25, -0.2) is 4.39 Å². The Balaban J connectivity index is 1.97. The third-order valence-corrected chi connectivity index (χ3v) is 5.82. The van der Waals surface area contributed by atoms with Gasteiger partial charge in [-0.1, -0.05) is 55.1 Å². The normalized spacial score (nSPS) is 11.8. The Hall–Kier alpha value is -2.39. The molecular formula is C24H23ClFN3S. The van der Waals surface area contributed by atoms with Gasteiger partial charge in [-0.15, -0.1) is 0 Å². The molecule has 0 aliphatic rings. The van der Waals surface area contributed by atoms with E-state index in [0.717, 1.165) is 41.0 Å². The first kappa shape index (κ1) is 22.3. The van der Waals surface area contributed by atoms with E-state index >= 15 is 0 Å². The Labute approximate surface area is 186 Å². The van der Waals surface area contributed by atoms with Crippen LogP contribution in [0.1, 0.15) is 42.6 Å². The van der Waals surface area contributed by atoms with Crippen LogP contribution in [-0.2, 0) is 6.42 Å². The zero-order valence-corrected chi connectivity index (χ0v) is 18.3. The van der Waals surface area contributed by atoms with E-state index in [-0.39, 0.29) is 11.9 Å². The summed E-state index contributed by atoms with van der Waals surface area (Å²) < 4.78 is 17.4. The lowest BCUT2D eigenvalue weighted by Crippen LogP contribution is -2.20. The molecule has 2 aromatic carbocycles. The molecule has 0 amide bonds. The first-order valence-electron chi connectivity index (χ1n) is 9.88. The van der Waals surface area contributed by atoms with Crippen LogP contribution in [0.5, 0.6) is 0 Å². The molecule has 1 atom stereocenters. The Morgan fingerprint density at radius 2 is 2.07 bits per heavy atom. The maximum atomic E-state index is 13.9. The second kappa shape index (κ2) is 11.1. The summed E-state index contributed by atoms with van der Waals surface area (Å²) in [5, 5.41) is 9.65. The summed E-state index contributed by atoms with van der Waals surface area (Å²) in [5.41, 5.74) is 4.14. The van der Waals surface area contributed by atoms with Crippen LogP contribution in [0.2, 0.25) is 5.02 Å². The van der Waals surface area contributed by atoms with Crippen molar-refractivity contribution in [2.24, 2.45) is 0 Å². The molecule has 1 unspecified atom stereocenters. The maximum absolute atomic E-state index is 13.9. The zero-order chi connectivity index (χ0) is 21.3. The Kier molecular flexibility index (Phi) is 8.27. The topological polar surface area (TPSA) is 48.7 Å². The highest BCUT2D eigenvalue weighted by molar-refractivity contribution is 7.97. The molecular weight excluding hydrogens is 417 g/mol. The number of nitrogens with zero attached hydrogens (tertiary/aromatic N) is 2. The molecule has 154 valence electrons. The number of rotatable bonds is 9. The van der Waals surface area contributed by atoms with Crippen molar-refractivity contribution in [1.29, 1.82) is 5.26 Å². The lowest BCUT2D eigenvalue weighted by Gasteiger charge is -2.21. The SMILES string of the molecule is CCCCSNC(Cc1cc(F)cc(Cl)c1)c1ncccc1-c1cccc(C#N)c1. The highest BCUT2D eigenvalue weighted by atomic mass is 35.5. The Morgan fingerprint density at radius 3 is 2.83 bits per heavy atom. The Bertz CT molecular complexity index is 1010. The van der Waals surface area contributed by atoms with Gasteiger partial charge in [-0.05, 0) is 60.4 Å². The smallest absolute Gasteiger partial charge is 0.124 e. The van der Waals surface area contributed by atoms with Crippen LogP contribution in [0.4, 0.5) is 4.39 Å². The van der Waals surface area contributed by atoms with Crippen LogP contribution in [0, 0.1) is 17.1 Å². The van der Waals surface area contributed by atoms with E-state index in [4.69, 9.17) is 11.6 Å². The van der Waals surface area contributed by atoms with Gasteiger partial charge >= 0.3 is 0 Å². The van der Waals surface area contributed by atoms with E-state index in [1.54, 1.807) is 30.3 Å². The first-order chi connectivity index (χ1) is 14.6. The molecule has 0 aliphatic carbocycles. The second-order valence-electron chi connectivity index (χ2n) is 6.98. The van der Waals surface area contributed by atoms with E-state index in [1.165, 1.54) is 12.1 Å². The predicted octanol–water partition coefficient (Wildman–Crippen LogP) is 6.73. The summed E-state index contributed by atoms with van der Waals surface area (Å²) >= 11 is 7.72. The van der Waals surface area contributed by atoms with Gasteiger partial charge in [0.25, 0.3) is 0 Å². The Morgan fingerprint density at radius 1 is 1.20 bits per heavy atom. The number of aromatic nitrogens is 1. The van der Waals surface area contributed by atoms with E-state index in [9.17, 15) is 9.65 Å². The third-order valence-electron chi connectivity index (χ3n) is 4.66. The van der Waals surface area contributed by atoms with Crippen molar-refractivity contribution in [3.05, 3.63) is 88.5 Å². The number of benzene rings is 2. The summed E-state index contributed by atoms with van der Waals surface area (Å²) in [7, 11) is 0. The monoisotopic (exact) mass is 439 g/mol. The van der Waals surface area contributed by atoms with Gasteiger partial charge in [0.05, 0.1) is 23.4 Å². The van der Waals surface area contributed by atoms with Crippen molar-refractivity contribution < 1.29 is 4.39 Å². The number of unbranched alkanes of at least 4 members (excludes halogenated alkanes) is 1. The van der Waals surface area contributed by atoms with E-state index in [2.05, 4.69) is 22.7 Å². The molecule has 6 heteroatoms. The van der Waals surface area contributed by atoms with Crippen LogP contribution >= 0.6 is 23.5 Å². The molecule has 0 radical (unpaired) electrons.